The first kappa shape index (κ1) is 12.4. The lowest BCUT2D eigenvalue weighted by atomic mass is 10.4. The van der Waals surface area contributed by atoms with Crippen LogP contribution in [0, 0.1) is 0 Å². The predicted molar refractivity (Wildman–Crippen MR) is 54.9 cm³/mol. The van der Waals surface area contributed by atoms with Crippen LogP contribution in [0.2, 0.25) is 13.1 Å². The Hall–Kier alpha value is -0.613. The van der Waals surface area contributed by atoms with Crippen molar-refractivity contribution < 1.29 is 14.0 Å². The summed E-state index contributed by atoms with van der Waals surface area (Å²) in [6.45, 7) is 11.8. The van der Waals surface area contributed by atoms with Gasteiger partial charge in [0.1, 0.15) is 6.23 Å². The molecule has 0 bridgehead atoms. The fourth-order valence-corrected chi connectivity index (χ4v) is 2.14. The van der Waals surface area contributed by atoms with Crippen LogP contribution in [-0.4, -0.2) is 27.1 Å². The molecule has 0 aliphatic rings. The van der Waals surface area contributed by atoms with Crippen LogP contribution in [-0.2, 0) is 14.0 Å². The molecule has 0 heterocycles. The van der Waals surface area contributed by atoms with Crippen LogP contribution in [0.5, 0.6) is 0 Å². The van der Waals surface area contributed by atoms with Gasteiger partial charge >= 0.3 is 5.97 Å². The third-order valence-corrected chi connectivity index (χ3v) is 3.34. The Kier molecular flexibility index (Phi) is 4.94. The average molecular weight is 202 g/mol. The van der Waals surface area contributed by atoms with Crippen molar-refractivity contribution in [1.29, 1.82) is 0 Å². The Morgan fingerprint density at radius 3 is 2.38 bits per heavy atom. The first-order chi connectivity index (χ1) is 5.89. The minimum Gasteiger partial charge on any atom is -0.463 e. The first-order valence-corrected chi connectivity index (χ1v) is 7.47. The van der Waals surface area contributed by atoms with Gasteiger partial charge < -0.3 is 9.16 Å². The van der Waals surface area contributed by atoms with Crippen LogP contribution in [0.4, 0.5) is 0 Å². The number of ether oxygens (including phenoxy) is 1. The van der Waals surface area contributed by atoms with Crippen LogP contribution in [0.15, 0.2) is 12.2 Å². The summed E-state index contributed by atoms with van der Waals surface area (Å²) in [6.07, 6.45) is 0.395. The van der Waals surface area contributed by atoms with Crippen molar-refractivity contribution in [2.75, 3.05) is 12.8 Å². The molecule has 0 radical (unpaired) electrons. The largest absolute Gasteiger partial charge is 0.463 e. The highest BCUT2D eigenvalue weighted by atomic mass is 28.4. The molecule has 0 aromatic rings. The Balaban J connectivity index is 3.87. The Labute approximate surface area is 80.9 Å². The van der Waals surface area contributed by atoms with Gasteiger partial charge in [0, 0.05) is 12.2 Å². The van der Waals surface area contributed by atoms with E-state index in [4.69, 9.17) is 9.16 Å². The molecular weight excluding hydrogens is 184 g/mol. The highest BCUT2D eigenvalue weighted by Gasteiger charge is 2.24. The molecule has 0 rings (SSSR count). The van der Waals surface area contributed by atoms with E-state index >= 15 is 0 Å². The van der Waals surface area contributed by atoms with Gasteiger partial charge in [-0.1, -0.05) is 6.58 Å². The van der Waals surface area contributed by atoms with Gasteiger partial charge in [-0.05, 0) is 26.9 Å². The molecule has 13 heavy (non-hydrogen) atoms. The smallest absolute Gasteiger partial charge is 0.332 e. The quantitative estimate of drug-likeness (QED) is 0.388. The van der Waals surface area contributed by atoms with Crippen molar-refractivity contribution in [2.45, 2.75) is 26.9 Å². The molecule has 4 heteroatoms. The van der Waals surface area contributed by atoms with Crippen LogP contribution < -0.4 is 0 Å². The van der Waals surface area contributed by atoms with E-state index in [2.05, 4.69) is 6.58 Å². The SMILES string of the molecule is C=C(C)C(=O)OC[Si](C)(C)OCC. The van der Waals surface area contributed by atoms with Gasteiger partial charge in [-0.25, -0.2) is 4.79 Å². The molecule has 0 N–H and O–H groups in total. The molecule has 0 saturated carbocycles. The monoisotopic (exact) mass is 202 g/mol. The van der Waals surface area contributed by atoms with Crippen molar-refractivity contribution >= 4 is 14.3 Å². The van der Waals surface area contributed by atoms with Gasteiger partial charge in [-0.2, -0.15) is 0 Å². The van der Waals surface area contributed by atoms with Gasteiger partial charge in [0.05, 0.1) is 0 Å². The van der Waals surface area contributed by atoms with E-state index < -0.39 is 8.32 Å². The van der Waals surface area contributed by atoms with Gasteiger partial charge in [0.2, 0.25) is 8.32 Å². The fourth-order valence-electron chi connectivity index (χ4n) is 0.795. The third kappa shape index (κ3) is 5.60. The van der Waals surface area contributed by atoms with Gasteiger partial charge in [-0.3, -0.25) is 0 Å². The Bertz CT molecular complexity index is 199. The normalized spacial score (nSPS) is 11.1. The molecule has 0 aliphatic carbocycles. The van der Waals surface area contributed by atoms with E-state index in [1.807, 2.05) is 20.0 Å². The average Bonchev–Trinajstić information content (AvgIpc) is 2.00. The van der Waals surface area contributed by atoms with Crippen molar-refractivity contribution in [3.63, 3.8) is 0 Å². The summed E-state index contributed by atoms with van der Waals surface area (Å²) in [4.78, 5) is 11.0. The summed E-state index contributed by atoms with van der Waals surface area (Å²) in [5.74, 6) is -0.333. The van der Waals surface area contributed by atoms with Crippen LogP contribution in [0.1, 0.15) is 13.8 Å². The molecule has 0 spiro atoms. The van der Waals surface area contributed by atoms with Crippen molar-refractivity contribution in [3.05, 3.63) is 12.2 Å². The molecule has 0 unspecified atom stereocenters. The second kappa shape index (κ2) is 5.19. The standard InChI is InChI=1S/C9H18O3Si/c1-6-12-13(4,5)7-11-9(10)8(2)3/h2,6-7H2,1,3-5H3. The minimum absolute atomic E-state index is 0.333. The van der Waals surface area contributed by atoms with Crippen LogP contribution >= 0.6 is 0 Å². The molecule has 76 valence electrons. The maximum absolute atomic E-state index is 11.0. The topological polar surface area (TPSA) is 35.5 Å². The van der Waals surface area contributed by atoms with E-state index in [0.717, 1.165) is 0 Å². The molecule has 0 aromatic heterocycles. The summed E-state index contributed by atoms with van der Waals surface area (Å²) in [6, 6.07) is 0. The lowest BCUT2D eigenvalue weighted by molar-refractivity contribution is -0.137. The molecule has 3 nitrogen and oxygen atoms in total. The third-order valence-electron chi connectivity index (χ3n) is 1.43. The molecule has 0 saturated heterocycles. The highest BCUT2D eigenvalue weighted by Crippen LogP contribution is 2.05. The molecule has 0 aliphatic heterocycles. The van der Waals surface area contributed by atoms with Crippen molar-refractivity contribution in [3.8, 4) is 0 Å². The predicted octanol–water partition coefficient (Wildman–Crippen LogP) is 1.89. The highest BCUT2D eigenvalue weighted by molar-refractivity contribution is 6.71. The van der Waals surface area contributed by atoms with E-state index in [0.29, 0.717) is 18.4 Å². The van der Waals surface area contributed by atoms with E-state index in [1.165, 1.54) is 0 Å². The van der Waals surface area contributed by atoms with E-state index in [1.54, 1.807) is 6.92 Å². The maximum atomic E-state index is 11.0. The second-order valence-corrected chi connectivity index (χ2v) is 7.65. The molecule has 0 atom stereocenters. The van der Waals surface area contributed by atoms with Crippen LogP contribution in [0.25, 0.3) is 0 Å². The zero-order valence-corrected chi connectivity index (χ0v) is 9.85. The molecule has 0 amide bonds. The molecule has 0 fully saturated rings. The molecule has 0 aromatic carbocycles. The second-order valence-electron chi connectivity index (χ2n) is 3.55. The number of esters is 1. The van der Waals surface area contributed by atoms with Crippen LogP contribution in [0.3, 0.4) is 0 Å². The Morgan fingerprint density at radius 2 is 2.00 bits per heavy atom. The van der Waals surface area contributed by atoms with Gasteiger partial charge in [-0.15, -0.1) is 0 Å². The lowest BCUT2D eigenvalue weighted by Crippen LogP contribution is -2.38. The summed E-state index contributed by atoms with van der Waals surface area (Å²) in [5, 5.41) is 0. The van der Waals surface area contributed by atoms with Gasteiger partial charge in [0.15, 0.2) is 0 Å². The first-order valence-electron chi connectivity index (χ1n) is 4.35. The minimum atomic E-state index is -1.80. The summed E-state index contributed by atoms with van der Waals surface area (Å²) >= 11 is 0. The lowest BCUT2D eigenvalue weighted by Gasteiger charge is -2.21. The fraction of sp³-hybridized carbons (Fsp3) is 0.667. The summed E-state index contributed by atoms with van der Waals surface area (Å²) in [5.41, 5.74) is 0.432. The summed E-state index contributed by atoms with van der Waals surface area (Å²) in [7, 11) is -1.80. The maximum Gasteiger partial charge on any atom is 0.332 e. The number of carbonyl (C=O) groups excluding carboxylic acids is 1. The Morgan fingerprint density at radius 1 is 1.46 bits per heavy atom. The van der Waals surface area contributed by atoms with Crippen molar-refractivity contribution in [1.82, 2.24) is 0 Å². The van der Waals surface area contributed by atoms with Crippen molar-refractivity contribution in [2.24, 2.45) is 0 Å². The summed E-state index contributed by atoms with van der Waals surface area (Å²) < 4.78 is 10.5. The zero-order valence-electron chi connectivity index (χ0n) is 8.85. The van der Waals surface area contributed by atoms with E-state index in [-0.39, 0.29) is 5.97 Å². The number of rotatable bonds is 5. The van der Waals surface area contributed by atoms with E-state index in [9.17, 15) is 4.79 Å². The van der Waals surface area contributed by atoms with Gasteiger partial charge in [0.25, 0.3) is 0 Å². The molecular formula is C9H18O3Si. The number of hydrogen-bond acceptors (Lipinski definition) is 3. The zero-order chi connectivity index (χ0) is 10.5. The number of carbonyl (C=O) groups is 1. The number of hydrogen-bond donors (Lipinski definition) is 0.